The van der Waals surface area contributed by atoms with Crippen LogP contribution >= 0.6 is 11.8 Å². The maximum atomic E-state index is 11.4. The molecule has 1 N–H and O–H groups in total. The van der Waals surface area contributed by atoms with Crippen molar-refractivity contribution in [3.8, 4) is 0 Å². The fourth-order valence-electron chi connectivity index (χ4n) is 1.27. The third-order valence-electron chi connectivity index (χ3n) is 1.87. The second-order valence-corrected chi connectivity index (χ2v) is 4.18. The second kappa shape index (κ2) is 3.79. The van der Waals surface area contributed by atoms with E-state index in [9.17, 15) is 9.59 Å². The maximum absolute atomic E-state index is 11.4. The molecule has 70 valence electrons. The molecule has 1 rings (SSSR count). The van der Waals surface area contributed by atoms with Gasteiger partial charge in [-0.05, 0) is 24.6 Å². The van der Waals surface area contributed by atoms with Crippen molar-refractivity contribution >= 4 is 22.9 Å². The average Bonchev–Trinajstić information content (AvgIpc) is 2.28. The lowest BCUT2D eigenvalue weighted by Crippen LogP contribution is -2.35. The molecule has 0 atom stereocenters. The van der Waals surface area contributed by atoms with E-state index in [2.05, 4.69) is 18.5 Å². The molecule has 13 heavy (non-hydrogen) atoms. The number of allylic oxidation sites excluding steroid dienone is 2. The molecule has 0 unspecified atom stereocenters. The van der Waals surface area contributed by atoms with E-state index in [1.54, 1.807) is 12.2 Å². The van der Waals surface area contributed by atoms with Crippen LogP contribution in [0.5, 0.6) is 0 Å². The third kappa shape index (κ3) is 1.83. The fourth-order valence-corrected chi connectivity index (χ4v) is 2.32. The number of carbonyl (C=O) groups excluding carboxylic acids is 2. The lowest BCUT2D eigenvalue weighted by Gasteiger charge is -2.19. The van der Waals surface area contributed by atoms with E-state index in [1.165, 1.54) is 0 Å². The van der Waals surface area contributed by atoms with Gasteiger partial charge < -0.3 is 0 Å². The van der Waals surface area contributed by atoms with Crippen molar-refractivity contribution in [3.63, 3.8) is 0 Å². The molecule has 0 saturated carbocycles. The summed E-state index contributed by atoms with van der Waals surface area (Å²) in [6, 6.07) is 0. The standard InChI is InChI=1S/C9H11NO2S/c1-3-5-9(6-4-2)7(11)10-8(12)13-9/h3-4H,1-2,5-6H2,(H,10,11,12). The van der Waals surface area contributed by atoms with Crippen LogP contribution in [0.1, 0.15) is 12.8 Å². The molecule has 0 aromatic heterocycles. The first kappa shape index (κ1) is 10.1. The minimum atomic E-state index is -0.694. The molecule has 3 nitrogen and oxygen atoms in total. The molecule has 0 aromatic carbocycles. The maximum Gasteiger partial charge on any atom is 0.286 e. The number of imide groups is 1. The van der Waals surface area contributed by atoms with Crippen molar-refractivity contribution in [1.29, 1.82) is 0 Å². The fraction of sp³-hybridized carbons (Fsp3) is 0.333. The number of thioether (sulfide) groups is 1. The van der Waals surface area contributed by atoms with Gasteiger partial charge in [0.05, 0.1) is 0 Å². The van der Waals surface area contributed by atoms with Gasteiger partial charge in [0.1, 0.15) is 4.75 Å². The summed E-state index contributed by atoms with van der Waals surface area (Å²) in [5.41, 5.74) is 0. The Morgan fingerprint density at radius 1 is 1.31 bits per heavy atom. The number of hydrogen-bond donors (Lipinski definition) is 1. The lowest BCUT2D eigenvalue weighted by atomic mass is 9.99. The molecule has 1 saturated heterocycles. The van der Waals surface area contributed by atoms with Gasteiger partial charge in [0.25, 0.3) is 5.24 Å². The summed E-state index contributed by atoms with van der Waals surface area (Å²) in [6.07, 6.45) is 4.27. The predicted octanol–water partition coefficient (Wildman–Crippen LogP) is 1.86. The van der Waals surface area contributed by atoms with Gasteiger partial charge in [-0.1, -0.05) is 12.2 Å². The summed E-state index contributed by atoms with van der Waals surface area (Å²) < 4.78 is -0.694. The van der Waals surface area contributed by atoms with E-state index in [1.807, 2.05) is 0 Å². The molecule has 1 aliphatic rings. The van der Waals surface area contributed by atoms with Gasteiger partial charge in [-0.2, -0.15) is 0 Å². The second-order valence-electron chi connectivity index (χ2n) is 2.82. The van der Waals surface area contributed by atoms with Crippen LogP contribution in [0.15, 0.2) is 25.3 Å². The molecule has 0 aliphatic carbocycles. The Morgan fingerprint density at radius 2 is 1.85 bits per heavy atom. The van der Waals surface area contributed by atoms with E-state index in [0.29, 0.717) is 12.8 Å². The van der Waals surface area contributed by atoms with Crippen molar-refractivity contribution in [2.45, 2.75) is 17.6 Å². The van der Waals surface area contributed by atoms with Crippen molar-refractivity contribution < 1.29 is 9.59 Å². The first-order valence-electron chi connectivity index (χ1n) is 3.91. The van der Waals surface area contributed by atoms with Gasteiger partial charge in [0.15, 0.2) is 0 Å². The Hall–Kier alpha value is -1.03. The minimum Gasteiger partial charge on any atom is -0.286 e. The largest absolute Gasteiger partial charge is 0.286 e. The summed E-state index contributed by atoms with van der Waals surface area (Å²) in [5.74, 6) is -0.234. The summed E-state index contributed by atoms with van der Waals surface area (Å²) in [5, 5.41) is 1.98. The van der Waals surface area contributed by atoms with Gasteiger partial charge in [-0.15, -0.1) is 13.2 Å². The Morgan fingerprint density at radius 3 is 2.15 bits per heavy atom. The Kier molecular flexibility index (Phi) is 2.93. The van der Waals surface area contributed by atoms with Gasteiger partial charge in [0.2, 0.25) is 5.91 Å². The normalized spacial score (nSPS) is 19.7. The van der Waals surface area contributed by atoms with Crippen LogP contribution in [0.4, 0.5) is 4.79 Å². The smallest absolute Gasteiger partial charge is 0.286 e. The van der Waals surface area contributed by atoms with E-state index < -0.39 is 4.75 Å². The van der Waals surface area contributed by atoms with Gasteiger partial charge >= 0.3 is 0 Å². The molecule has 2 amide bonds. The highest BCUT2D eigenvalue weighted by Gasteiger charge is 2.45. The number of amides is 2. The zero-order chi connectivity index (χ0) is 9.90. The van der Waals surface area contributed by atoms with Gasteiger partial charge in [-0.3, -0.25) is 14.9 Å². The molecule has 1 fully saturated rings. The van der Waals surface area contributed by atoms with Gasteiger partial charge in [0, 0.05) is 0 Å². The van der Waals surface area contributed by atoms with E-state index in [4.69, 9.17) is 0 Å². The molecular formula is C9H11NO2S. The quantitative estimate of drug-likeness (QED) is 0.700. The highest BCUT2D eigenvalue weighted by Crippen LogP contribution is 2.38. The monoisotopic (exact) mass is 197 g/mol. The number of hydrogen-bond acceptors (Lipinski definition) is 3. The number of rotatable bonds is 4. The van der Waals surface area contributed by atoms with E-state index >= 15 is 0 Å². The molecule has 1 heterocycles. The minimum absolute atomic E-state index is 0.234. The van der Waals surface area contributed by atoms with Crippen molar-refractivity contribution in [2.24, 2.45) is 0 Å². The number of carbonyl (C=O) groups is 2. The summed E-state index contributed by atoms with van der Waals surface area (Å²) in [6.45, 7) is 7.14. The highest BCUT2D eigenvalue weighted by atomic mass is 32.2. The SMILES string of the molecule is C=CCC1(CC=C)SC(=O)NC1=O. The first-order chi connectivity index (χ1) is 6.14. The Labute approximate surface area is 81.3 Å². The van der Waals surface area contributed by atoms with Crippen LogP contribution in [0.25, 0.3) is 0 Å². The Bertz CT molecular complexity index is 263. The van der Waals surface area contributed by atoms with Crippen LogP contribution in [-0.2, 0) is 4.79 Å². The van der Waals surface area contributed by atoms with Crippen molar-refractivity contribution in [1.82, 2.24) is 5.32 Å². The van der Waals surface area contributed by atoms with Crippen molar-refractivity contribution in [3.05, 3.63) is 25.3 Å². The van der Waals surface area contributed by atoms with Crippen LogP contribution < -0.4 is 5.32 Å². The van der Waals surface area contributed by atoms with Crippen molar-refractivity contribution in [2.75, 3.05) is 0 Å². The summed E-state index contributed by atoms with van der Waals surface area (Å²) in [7, 11) is 0. The number of nitrogens with one attached hydrogen (secondary N) is 1. The van der Waals surface area contributed by atoms with E-state index in [-0.39, 0.29) is 11.1 Å². The highest BCUT2D eigenvalue weighted by molar-refractivity contribution is 8.16. The van der Waals surface area contributed by atoms with Crippen LogP contribution in [0.2, 0.25) is 0 Å². The molecule has 0 aromatic rings. The van der Waals surface area contributed by atoms with Crippen LogP contribution in [-0.4, -0.2) is 15.9 Å². The molecule has 0 bridgehead atoms. The first-order valence-corrected chi connectivity index (χ1v) is 4.72. The molecule has 0 spiro atoms. The Balaban J connectivity index is 2.88. The zero-order valence-electron chi connectivity index (χ0n) is 7.21. The van der Waals surface area contributed by atoms with Gasteiger partial charge in [-0.25, -0.2) is 0 Å². The molecule has 1 aliphatic heterocycles. The average molecular weight is 197 g/mol. The van der Waals surface area contributed by atoms with Crippen LogP contribution in [0.3, 0.4) is 0 Å². The van der Waals surface area contributed by atoms with Crippen LogP contribution in [0, 0.1) is 0 Å². The predicted molar refractivity (Wildman–Crippen MR) is 53.5 cm³/mol. The zero-order valence-corrected chi connectivity index (χ0v) is 8.02. The third-order valence-corrected chi connectivity index (χ3v) is 3.06. The summed E-state index contributed by atoms with van der Waals surface area (Å²) >= 11 is 1.03. The molecule has 0 radical (unpaired) electrons. The lowest BCUT2D eigenvalue weighted by molar-refractivity contribution is -0.121. The van der Waals surface area contributed by atoms with E-state index in [0.717, 1.165) is 11.8 Å². The summed E-state index contributed by atoms with van der Waals surface area (Å²) in [4.78, 5) is 22.4. The molecular weight excluding hydrogens is 186 g/mol. The topological polar surface area (TPSA) is 46.2 Å². The molecule has 4 heteroatoms.